The first-order valence-corrected chi connectivity index (χ1v) is 8.42. The van der Waals surface area contributed by atoms with Crippen molar-refractivity contribution >= 4 is 6.21 Å². The van der Waals surface area contributed by atoms with Crippen LogP contribution in [0.2, 0.25) is 0 Å². The molecule has 25 heavy (non-hydrogen) atoms. The molecule has 1 N–H and O–H groups in total. The third kappa shape index (κ3) is 2.66. The Bertz CT molecular complexity index is 926. The van der Waals surface area contributed by atoms with Crippen LogP contribution >= 0.6 is 0 Å². The van der Waals surface area contributed by atoms with Gasteiger partial charge in [-0.2, -0.15) is 0 Å². The molecule has 0 unspecified atom stereocenters. The van der Waals surface area contributed by atoms with E-state index in [-0.39, 0.29) is 11.8 Å². The molecular weight excluding hydrogens is 306 g/mol. The van der Waals surface area contributed by atoms with Gasteiger partial charge in [0.1, 0.15) is 11.8 Å². The Hall–Kier alpha value is -3.13. The van der Waals surface area contributed by atoms with Crippen LogP contribution in [0.4, 0.5) is 0 Å². The van der Waals surface area contributed by atoms with Crippen LogP contribution in [0.1, 0.15) is 28.3 Å². The molecule has 3 aromatic carbocycles. The van der Waals surface area contributed by atoms with E-state index >= 15 is 0 Å². The molecule has 0 aliphatic heterocycles. The van der Waals surface area contributed by atoms with Crippen molar-refractivity contribution in [1.29, 1.82) is 0 Å². The fourth-order valence-electron chi connectivity index (χ4n) is 3.48. The van der Waals surface area contributed by atoms with Gasteiger partial charge in [0, 0.05) is 11.8 Å². The second kappa shape index (κ2) is 6.40. The Balaban J connectivity index is 1.75. The van der Waals surface area contributed by atoms with Gasteiger partial charge < -0.3 is 5.11 Å². The van der Waals surface area contributed by atoms with Crippen molar-refractivity contribution in [1.82, 2.24) is 0 Å². The summed E-state index contributed by atoms with van der Waals surface area (Å²) in [6.07, 6.45) is 4.22. The Morgan fingerprint density at radius 2 is 1.52 bits per heavy atom. The number of aromatic hydroxyl groups is 1. The lowest BCUT2D eigenvalue weighted by Gasteiger charge is -2.09. The van der Waals surface area contributed by atoms with Gasteiger partial charge in [0.15, 0.2) is 0 Å². The minimum Gasteiger partial charge on any atom is -0.507 e. The molecule has 0 heterocycles. The van der Waals surface area contributed by atoms with Gasteiger partial charge in [0.25, 0.3) is 0 Å². The molecule has 0 atom stereocenters. The van der Waals surface area contributed by atoms with Gasteiger partial charge in [-0.15, -0.1) is 6.58 Å². The first-order valence-electron chi connectivity index (χ1n) is 8.42. The van der Waals surface area contributed by atoms with Gasteiger partial charge in [0.05, 0.1) is 0 Å². The SMILES string of the molecule is C=CCc1cccc(C=NC2c3ccccc3-c3ccccc32)c1O. The summed E-state index contributed by atoms with van der Waals surface area (Å²) in [5.41, 5.74) is 6.51. The molecule has 0 aromatic heterocycles. The average Bonchev–Trinajstić information content (AvgIpc) is 2.97. The van der Waals surface area contributed by atoms with Crippen molar-refractivity contribution in [3.05, 3.63) is 102 Å². The smallest absolute Gasteiger partial charge is 0.127 e. The number of hydrogen-bond acceptors (Lipinski definition) is 2. The number of rotatable bonds is 4. The van der Waals surface area contributed by atoms with Crippen molar-refractivity contribution in [2.45, 2.75) is 12.5 Å². The molecule has 0 bridgehead atoms. The van der Waals surface area contributed by atoms with Crippen molar-refractivity contribution in [2.24, 2.45) is 4.99 Å². The molecule has 0 fully saturated rings. The summed E-state index contributed by atoms with van der Waals surface area (Å²) in [5.74, 6) is 0.283. The highest BCUT2D eigenvalue weighted by atomic mass is 16.3. The van der Waals surface area contributed by atoms with Crippen LogP contribution in [0.3, 0.4) is 0 Å². The standard InChI is InChI=1S/C23H19NO/c1-2-8-16-9-7-10-17(23(16)25)15-24-22-20-13-5-3-11-18(20)19-12-4-6-14-21(19)22/h2-7,9-15,22,25H,1,8H2. The van der Waals surface area contributed by atoms with E-state index in [4.69, 9.17) is 4.99 Å². The van der Waals surface area contributed by atoms with Gasteiger partial charge >= 0.3 is 0 Å². The summed E-state index contributed by atoms with van der Waals surface area (Å²) in [7, 11) is 0. The maximum absolute atomic E-state index is 10.4. The summed E-state index contributed by atoms with van der Waals surface area (Å²) in [5, 5.41) is 10.4. The maximum atomic E-state index is 10.4. The normalized spacial score (nSPS) is 13.0. The number of allylic oxidation sites excluding steroid dienone is 1. The zero-order valence-corrected chi connectivity index (χ0v) is 13.9. The summed E-state index contributed by atoms with van der Waals surface area (Å²) < 4.78 is 0. The molecule has 2 nitrogen and oxygen atoms in total. The average molecular weight is 325 g/mol. The van der Waals surface area contributed by atoms with E-state index in [1.807, 2.05) is 18.2 Å². The largest absolute Gasteiger partial charge is 0.507 e. The van der Waals surface area contributed by atoms with Crippen LogP contribution in [-0.2, 0) is 6.42 Å². The number of nitrogens with zero attached hydrogens (tertiary/aromatic N) is 1. The van der Waals surface area contributed by atoms with Gasteiger partial charge in [-0.3, -0.25) is 4.99 Å². The molecule has 0 spiro atoms. The van der Waals surface area contributed by atoms with Crippen molar-refractivity contribution in [3.8, 4) is 16.9 Å². The van der Waals surface area contributed by atoms with Crippen LogP contribution in [0, 0.1) is 0 Å². The monoisotopic (exact) mass is 325 g/mol. The molecule has 0 saturated carbocycles. The van der Waals surface area contributed by atoms with E-state index in [2.05, 4.69) is 55.1 Å². The first-order chi connectivity index (χ1) is 12.3. The van der Waals surface area contributed by atoms with Crippen LogP contribution in [-0.4, -0.2) is 11.3 Å². The predicted molar refractivity (Wildman–Crippen MR) is 103 cm³/mol. The maximum Gasteiger partial charge on any atom is 0.127 e. The van der Waals surface area contributed by atoms with E-state index in [1.54, 1.807) is 12.3 Å². The zero-order valence-electron chi connectivity index (χ0n) is 13.9. The molecule has 0 radical (unpaired) electrons. The van der Waals surface area contributed by atoms with Crippen molar-refractivity contribution in [3.63, 3.8) is 0 Å². The zero-order chi connectivity index (χ0) is 17.2. The molecule has 4 rings (SSSR count). The van der Waals surface area contributed by atoms with E-state index < -0.39 is 0 Å². The Morgan fingerprint density at radius 3 is 2.16 bits per heavy atom. The van der Waals surface area contributed by atoms with E-state index in [9.17, 15) is 5.11 Å². The van der Waals surface area contributed by atoms with Gasteiger partial charge in [-0.05, 0) is 40.3 Å². The third-order valence-electron chi connectivity index (χ3n) is 4.68. The summed E-state index contributed by atoms with van der Waals surface area (Å²) >= 11 is 0. The minimum atomic E-state index is -0.0325. The molecule has 0 amide bonds. The highest BCUT2D eigenvalue weighted by Gasteiger charge is 2.27. The molecule has 0 saturated heterocycles. The van der Waals surface area contributed by atoms with Crippen LogP contribution < -0.4 is 0 Å². The van der Waals surface area contributed by atoms with E-state index in [0.717, 1.165) is 11.1 Å². The number of phenols is 1. The molecule has 3 aromatic rings. The molecule has 122 valence electrons. The number of aliphatic imine (C=N–C) groups is 1. The summed E-state index contributed by atoms with van der Waals surface area (Å²) in [6.45, 7) is 3.74. The fraction of sp³-hybridized carbons (Fsp3) is 0.0870. The number of para-hydroxylation sites is 1. The highest BCUT2D eigenvalue weighted by molar-refractivity contribution is 5.86. The molecule has 2 heteroatoms. The third-order valence-corrected chi connectivity index (χ3v) is 4.68. The summed E-state index contributed by atoms with van der Waals surface area (Å²) in [6, 6.07) is 22.5. The summed E-state index contributed by atoms with van der Waals surface area (Å²) in [4.78, 5) is 4.83. The first kappa shape index (κ1) is 15.4. The van der Waals surface area contributed by atoms with E-state index in [0.29, 0.717) is 6.42 Å². The predicted octanol–water partition coefficient (Wildman–Crippen LogP) is 5.31. The minimum absolute atomic E-state index is 0.0325. The van der Waals surface area contributed by atoms with Crippen molar-refractivity contribution < 1.29 is 5.11 Å². The fourth-order valence-corrected chi connectivity index (χ4v) is 3.48. The van der Waals surface area contributed by atoms with Crippen LogP contribution in [0.25, 0.3) is 11.1 Å². The second-order valence-electron chi connectivity index (χ2n) is 6.20. The Kier molecular flexibility index (Phi) is 3.95. The lowest BCUT2D eigenvalue weighted by molar-refractivity contribution is 0.469. The highest BCUT2D eigenvalue weighted by Crippen LogP contribution is 2.45. The van der Waals surface area contributed by atoms with Gasteiger partial charge in [0.2, 0.25) is 0 Å². The van der Waals surface area contributed by atoms with Gasteiger partial charge in [-0.1, -0.05) is 66.7 Å². The molecule has 1 aliphatic rings. The number of phenolic OH excluding ortho intramolecular Hbond substituents is 1. The number of hydrogen-bond donors (Lipinski definition) is 1. The number of benzene rings is 3. The van der Waals surface area contributed by atoms with Crippen LogP contribution in [0.15, 0.2) is 84.4 Å². The lowest BCUT2D eigenvalue weighted by Crippen LogP contribution is -1.95. The Labute approximate surface area is 147 Å². The Morgan fingerprint density at radius 1 is 0.880 bits per heavy atom. The number of fused-ring (bicyclic) bond motifs is 3. The van der Waals surface area contributed by atoms with Crippen molar-refractivity contribution in [2.75, 3.05) is 0 Å². The van der Waals surface area contributed by atoms with Gasteiger partial charge in [-0.25, -0.2) is 0 Å². The van der Waals surface area contributed by atoms with Crippen LogP contribution in [0.5, 0.6) is 5.75 Å². The lowest BCUT2D eigenvalue weighted by atomic mass is 10.0. The second-order valence-corrected chi connectivity index (χ2v) is 6.20. The molecular formula is C23H19NO. The quantitative estimate of drug-likeness (QED) is 0.512. The topological polar surface area (TPSA) is 32.6 Å². The molecule has 1 aliphatic carbocycles. The van der Waals surface area contributed by atoms with E-state index in [1.165, 1.54) is 22.3 Å².